The van der Waals surface area contributed by atoms with Crippen molar-refractivity contribution in [1.82, 2.24) is 0 Å². The zero-order valence-electron chi connectivity index (χ0n) is 4.69. The minimum Gasteiger partial charge on any atom is -0.147 e. The molecule has 1 rings (SSSR count). The molecule has 1 aromatic rings. The van der Waals surface area contributed by atoms with Crippen molar-refractivity contribution in [2.75, 3.05) is 0 Å². The largest absolute Gasteiger partial charge is 0.147 e. The van der Waals surface area contributed by atoms with E-state index in [-0.39, 0.29) is 48.2 Å². The molecule has 0 aliphatic heterocycles. The SMILES string of the molecule is Cl.Cl.Cl.[SiH4].c1ccccc1. The van der Waals surface area contributed by atoms with Gasteiger partial charge in [-0.25, -0.2) is 0 Å². The summed E-state index contributed by atoms with van der Waals surface area (Å²) in [6.45, 7) is 0. The maximum absolute atomic E-state index is 2.00. The molecule has 4 heteroatoms. The summed E-state index contributed by atoms with van der Waals surface area (Å²) in [5.41, 5.74) is 0. The third kappa shape index (κ3) is 11.1. The van der Waals surface area contributed by atoms with E-state index in [0.717, 1.165) is 0 Å². The van der Waals surface area contributed by atoms with E-state index < -0.39 is 0 Å². The van der Waals surface area contributed by atoms with Gasteiger partial charge in [-0.05, 0) is 11.0 Å². The summed E-state index contributed by atoms with van der Waals surface area (Å²) < 4.78 is 0. The fraction of sp³-hybridized carbons (Fsp3) is 0. The van der Waals surface area contributed by atoms with E-state index in [2.05, 4.69) is 0 Å². The Morgan fingerprint density at radius 2 is 0.500 bits per heavy atom. The molecule has 0 aliphatic rings. The molecule has 0 heterocycles. The highest BCUT2D eigenvalue weighted by atomic mass is 35.5. The summed E-state index contributed by atoms with van der Waals surface area (Å²) in [7, 11) is 0. The Labute approximate surface area is 84.7 Å². The van der Waals surface area contributed by atoms with Crippen molar-refractivity contribution in [1.29, 1.82) is 0 Å². The third-order valence-electron chi connectivity index (χ3n) is 0.667. The van der Waals surface area contributed by atoms with Gasteiger partial charge < -0.3 is 0 Å². The molecule has 0 spiro atoms. The van der Waals surface area contributed by atoms with E-state index in [0.29, 0.717) is 0 Å². The van der Waals surface area contributed by atoms with Crippen molar-refractivity contribution in [3.63, 3.8) is 0 Å². The van der Waals surface area contributed by atoms with E-state index in [9.17, 15) is 0 Å². The van der Waals surface area contributed by atoms with Crippen LogP contribution in [0.15, 0.2) is 36.4 Å². The highest BCUT2D eigenvalue weighted by Crippen LogP contribution is 1.79. The van der Waals surface area contributed by atoms with Crippen molar-refractivity contribution < 1.29 is 0 Å². The van der Waals surface area contributed by atoms with Crippen LogP contribution in [0.1, 0.15) is 0 Å². The van der Waals surface area contributed by atoms with Crippen LogP contribution >= 0.6 is 37.2 Å². The highest BCUT2D eigenvalue weighted by Gasteiger charge is 1.57. The van der Waals surface area contributed by atoms with Crippen LogP contribution in [-0.2, 0) is 0 Å². The van der Waals surface area contributed by atoms with Crippen LogP contribution in [-0.4, -0.2) is 11.0 Å². The Kier molecular flexibility index (Phi) is 36.2. The van der Waals surface area contributed by atoms with Gasteiger partial charge in [0, 0.05) is 0 Å². The lowest BCUT2D eigenvalue weighted by Crippen LogP contribution is -1.47. The lowest BCUT2D eigenvalue weighted by Gasteiger charge is -1.69. The Hall–Kier alpha value is 0.307. The molecule has 10 heavy (non-hydrogen) atoms. The van der Waals surface area contributed by atoms with E-state index in [1.54, 1.807) is 0 Å². The topological polar surface area (TPSA) is 0 Å². The minimum atomic E-state index is 0. The van der Waals surface area contributed by atoms with Gasteiger partial charge in [-0.1, -0.05) is 36.4 Å². The number of hydrogen-bond acceptors (Lipinski definition) is 0. The molecular weight excluding hydrogens is 207 g/mol. The quantitative estimate of drug-likeness (QED) is 0.580. The van der Waals surface area contributed by atoms with Crippen LogP contribution < -0.4 is 0 Å². The average molecular weight is 220 g/mol. The van der Waals surface area contributed by atoms with Gasteiger partial charge in [0.25, 0.3) is 0 Å². The molecule has 0 N–H and O–H groups in total. The second-order valence-corrected chi connectivity index (χ2v) is 1.15. The number of hydrogen-bond donors (Lipinski definition) is 0. The first-order valence-electron chi connectivity index (χ1n) is 2.00. The zero-order chi connectivity index (χ0) is 4.24. The maximum Gasteiger partial charge on any atom is -0.0149 e. The molecule has 0 saturated heterocycles. The van der Waals surface area contributed by atoms with Crippen molar-refractivity contribution in [2.45, 2.75) is 0 Å². The maximum atomic E-state index is 2.00. The van der Waals surface area contributed by atoms with Crippen LogP contribution in [0.5, 0.6) is 0 Å². The molecule has 0 saturated carbocycles. The van der Waals surface area contributed by atoms with Crippen molar-refractivity contribution in [3.8, 4) is 0 Å². The molecule has 0 bridgehead atoms. The van der Waals surface area contributed by atoms with Crippen LogP contribution in [0, 0.1) is 0 Å². The molecule has 0 fully saturated rings. The Morgan fingerprint density at radius 1 is 0.400 bits per heavy atom. The summed E-state index contributed by atoms with van der Waals surface area (Å²) in [5.74, 6) is 0. The molecule has 0 aromatic heterocycles. The van der Waals surface area contributed by atoms with Crippen LogP contribution in [0.4, 0.5) is 0 Å². The minimum absolute atomic E-state index is 0. The second-order valence-electron chi connectivity index (χ2n) is 1.15. The Balaban J connectivity index is -0.0000000450. The van der Waals surface area contributed by atoms with Crippen LogP contribution in [0.25, 0.3) is 0 Å². The van der Waals surface area contributed by atoms with Gasteiger partial charge in [-0.3, -0.25) is 0 Å². The van der Waals surface area contributed by atoms with Crippen LogP contribution in [0.3, 0.4) is 0 Å². The summed E-state index contributed by atoms with van der Waals surface area (Å²) in [6.07, 6.45) is 0. The van der Waals surface area contributed by atoms with Gasteiger partial charge in [-0.2, -0.15) is 0 Å². The van der Waals surface area contributed by atoms with Gasteiger partial charge in [-0.15, -0.1) is 37.2 Å². The van der Waals surface area contributed by atoms with Gasteiger partial charge in [0.2, 0.25) is 0 Å². The Morgan fingerprint density at radius 3 is 0.600 bits per heavy atom. The monoisotopic (exact) mass is 218 g/mol. The van der Waals surface area contributed by atoms with Gasteiger partial charge in [0.1, 0.15) is 0 Å². The zero-order valence-corrected chi connectivity index (χ0v) is 7.14. The van der Waals surface area contributed by atoms with Gasteiger partial charge >= 0.3 is 0 Å². The van der Waals surface area contributed by atoms with E-state index in [1.165, 1.54) is 0 Å². The number of benzene rings is 1. The first kappa shape index (κ1) is 22.4. The van der Waals surface area contributed by atoms with Gasteiger partial charge in [0.05, 0.1) is 0 Å². The predicted molar refractivity (Wildman–Crippen MR) is 59.5 cm³/mol. The smallest absolute Gasteiger partial charge is 0.0149 e. The van der Waals surface area contributed by atoms with E-state index in [1.807, 2.05) is 36.4 Å². The molecule has 0 aliphatic carbocycles. The molecule has 0 atom stereocenters. The van der Waals surface area contributed by atoms with Crippen molar-refractivity contribution in [2.24, 2.45) is 0 Å². The van der Waals surface area contributed by atoms with Gasteiger partial charge in [0.15, 0.2) is 0 Å². The number of halogens is 3. The summed E-state index contributed by atoms with van der Waals surface area (Å²) in [6, 6.07) is 12.0. The molecular formula is C6H13Cl3Si. The molecule has 0 amide bonds. The highest BCUT2D eigenvalue weighted by molar-refractivity contribution is 5.86. The van der Waals surface area contributed by atoms with E-state index in [4.69, 9.17) is 0 Å². The molecule has 0 nitrogen and oxygen atoms in total. The summed E-state index contributed by atoms with van der Waals surface area (Å²) in [5, 5.41) is 0. The fourth-order valence-corrected chi connectivity index (χ4v) is 0.385. The van der Waals surface area contributed by atoms with Crippen molar-refractivity contribution >= 4 is 48.2 Å². The average Bonchev–Trinajstić information content (AvgIpc) is 1.72. The lowest BCUT2D eigenvalue weighted by atomic mass is 10.4. The summed E-state index contributed by atoms with van der Waals surface area (Å²) in [4.78, 5) is 0. The van der Waals surface area contributed by atoms with Crippen LogP contribution in [0.2, 0.25) is 0 Å². The normalized spacial score (nSPS) is 4.80. The number of rotatable bonds is 0. The summed E-state index contributed by atoms with van der Waals surface area (Å²) >= 11 is 0. The van der Waals surface area contributed by atoms with Crippen molar-refractivity contribution in [3.05, 3.63) is 36.4 Å². The molecule has 1 aromatic carbocycles. The predicted octanol–water partition coefficient (Wildman–Crippen LogP) is 1.50. The molecule has 0 radical (unpaired) electrons. The lowest BCUT2D eigenvalue weighted by molar-refractivity contribution is 1.72. The molecule has 62 valence electrons. The first-order chi connectivity index (χ1) is 3.00. The Bertz CT molecular complexity index is 84.9. The fourth-order valence-electron chi connectivity index (χ4n) is 0.385. The first-order valence-corrected chi connectivity index (χ1v) is 2.00. The van der Waals surface area contributed by atoms with E-state index >= 15 is 0 Å². The second kappa shape index (κ2) is 16.1. The standard InChI is InChI=1S/C6H6.3ClH.H4Si/c1-2-4-6-5-3-1;;;;/h1-6H;3*1H;1H4. The third-order valence-corrected chi connectivity index (χ3v) is 0.667. The molecule has 0 unspecified atom stereocenters.